The number of hydrogen-bond acceptors (Lipinski definition) is 10. The molecule has 0 spiro atoms. The Hall–Kier alpha value is -3.22. The van der Waals surface area contributed by atoms with E-state index in [4.69, 9.17) is 9.47 Å². The maximum atomic E-state index is 11.2. The maximum absolute atomic E-state index is 11.2. The number of ether oxygens (including phenoxy) is 3. The summed E-state index contributed by atoms with van der Waals surface area (Å²) < 4.78 is 14.0. The molecule has 2 aromatic carbocycles. The standard InChI is InChI=1S/C9H9NO5.C8H7NO5.Na/c1-14-8-4-3-6(10(12)13)5-7(8)9(11)15-2;1-14-7-3-2-5(9(12)13)4-6(7)8(10)11;/h3-5H,1-2H3;2-4H,1H3,(H,10,11);/q;;+1/p-1. The fourth-order valence-corrected chi connectivity index (χ4v) is 2.05. The molecule has 0 aliphatic rings. The Morgan fingerprint density at radius 3 is 1.53 bits per heavy atom. The van der Waals surface area contributed by atoms with Gasteiger partial charge >= 0.3 is 35.5 Å². The average Bonchev–Trinajstić information content (AvgIpc) is 2.72. The smallest absolute Gasteiger partial charge is 0.545 e. The second-order valence-corrected chi connectivity index (χ2v) is 5.06. The summed E-state index contributed by atoms with van der Waals surface area (Å²) in [5.41, 5.74) is -0.794. The van der Waals surface area contributed by atoms with Gasteiger partial charge in [-0.25, -0.2) is 4.79 Å². The molecule has 0 aromatic heterocycles. The van der Waals surface area contributed by atoms with Crippen molar-refractivity contribution in [2.24, 2.45) is 0 Å². The van der Waals surface area contributed by atoms with Gasteiger partial charge in [0, 0.05) is 29.8 Å². The maximum Gasteiger partial charge on any atom is 1.00 e. The van der Waals surface area contributed by atoms with Gasteiger partial charge in [-0.1, -0.05) is 0 Å². The number of nitro benzene ring substituents is 2. The van der Waals surface area contributed by atoms with E-state index >= 15 is 0 Å². The van der Waals surface area contributed by atoms with Crippen molar-refractivity contribution in [2.75, 3.05) is 21.3 Å². The predicted molar refractivity (Wildman–Crippen MR) is 95.0 cm³/mol. The molecule has 2 aromatic rings. The van der Waals surface area contributed by atoms with Crippen LogP contribution in [0.15, 0.2) is 36.4 Å². The van der Waals surface area contributed by atoms with Gasteiger partial charge in [-0.15, -0.1) is 0 Å². The van der Waals surface area contributed by atoms with Gasteiger partial charge in [-0.3, -0.25) is 20.2 Å². The van der Waals surface area contributed by atoms with Gasteiger partial charge < -0.3 is 24.1 Å². The van der Waals surface area contributed by atoms with Crippen molar-refractivity contribution in [3.05, 3.63) is 67.8 Å². The van der Waals surface area contributed by atoms with Gasteiger partial charge in [0.2, 0.25) is 0 Å². The molecule has 0 aliphatic carbocycles. The van der Waals surface area contributed by atoms with Crippen molar-refractivity contribution in [3.8, 4) is 11.5 Å². The van der Waals surface area contributed by atoms with Crippen LogP contribution in [-0.4, -0.2) is 43.1 Å². The molecule has 0 radical (unpaired) electrons. The predicted octanol–water partition coefficient (Wildman–Crippen LogP) is -1.64. The molecule has 0 fully saturated rings. The summed E-state index contributed by atoms with van der Waals surface area (Å²) in [7, 11) is 3.84. The zero-order valence-electron chi connectivity index (χ0n) is 16.4. The van der Waals surface area contributed by atoms with E-state index in [-0.39, 0.29) is 63.6 Å². The minimum Gasteiger partial charge on any atom is -0.545 e. The summed E-state index contributed by atoms with van der Waals surface area (Å²) in [6.45, 7) is 0. The van der Waals surface area contributed by atoms with Crippen molar-refractivity contribution in [1.82, 2.24) is 0 Å². The zero-order valence-corrected chi connectivity index (χ0v) is 18.4. The second-order valence-electron chi connectivity index (χ2n) is 5.06. The largest absolute Gasteiger partial charge is 1.00 e. The second kappa shape index (κ2) is 12.4. The zero-order chi connectivity index (χ0) is 22.1. The third kappa shape index (κ3) is 6.99. The number of carboxylic acids is 1. The number of rotatable bonds is 6. The van der Waals surface area contributed by atoms with E-state index in [1.165, 1.54) is 39.5 Å². The molecule has 154 valence electrons. The number of carbonyl (C=O) groups excluding carboxylic acids is 2. The summed E-state index contributed by atoms with van der Waals surface area (Å²) in [6.07, 6.45) is 0. The van der Waals surface area contributed by atoms with Crippen LogP contribution in [0.25, 0.3) is 0 Å². The first kappa shape index (κ1) is 26.8. The molecule has 2 rings (SSSR count). The minimum atomic E-state index is -1.51. The fourth-order valence-electron chi connectivity index (χ4n) is 2.05. The van der Waals surface area contributed by atoms with Crippen molar-refractivity contribution in [3.63, 3.8) is 0 Å². The summed E-state index contributed by atoms with van der Waals surface area (Å²) in [4.78, 5) is 41.3. The van der Waals surface area contributed by atoms with Crippen LogP contribution in [0, 0.1) is 20.2 Å². The monoisotopic (exact) mass is 430 g/mol. The first-order valence-corrected chi connectivity index (χ1v) is 7.60. The molecule has 13 heteroatoms. The molecule has 0 amide bonds. The van der Waals surface area contributed by atoms with Crippen LogP contribution in [0.1, 0.15) is 20.7 Å². The van der Waals surface area contributed by atoms with E-state index in [0.717, 1.165) is 18.2 Å². The van der Waals surface area contributed by atoms with E-state index in [0.29, 0.717) is 0 Å². The van der Waals surface area contributed by atoms with E-state index in [2.05, 4.69) is 4.74 Å². The van der Waals surface area contributed by atoms with E-state index < -0.39 is 21.8 Å². The van der Waals surface area contributed by atoms with Gasteiger partial charge in [0.1, 0.15) is 17.1 Å². The number of nitrogens with zero attached hydrogens (tertiary/aromatic N) is 2. The van der Waals surface area contributed by atoms with Crippen LogP contribution in [0.2, 0.25) is 0 Å². The number of esters is 1. The van der Waals surface area contributed by atoms with Gasteiger partial charge in [0.05, 0.1) is 37.1 Å². The Kier molecular flexibility index (Phi) is 11.0. The summed E-state index contributed by atoms with van der Waals surface area (Å²) in [5, 5.41) is 31.3. The Morgan fingerprint density at radius 2 is 1.20 bits per heavy atom. The molecule has 0 aliphatic heterocycles. The van der Waals surface area contributed by atoms with Crippen molar-refractivity contribution < 1.29 is 68.3 Å². The molecule has 0 saturated heterocycles. The van der Waals surface area contributed by atoms with Crippen molar-refractivity contribution >= 4 is 23.3 Å². The quantitative estimate of drug-likeness (QED) is 0.224. The van der Waals surface area contributed by atoms with Crippen LogP contribution in [0.3, 0.4) is 0 Å². The van der Waals surface area contributed by atoms with Gasteiger partial charge in [-0.05, 0) is 12.1 Å². The number of carbonyl (C=O) groups is 2. The number of methoxy groups -OCH3 is 3. The number of benzene rings is 2. The number of hydrogen-bond donors (Lipinski definition) is 0. The van der Waals surface area contributed by atoms with E-state index in [9.17, 15) is 34.9 Å². The average molecular weight is 430 g/mol. The molecule has 0 bridgehead atoms. The Balaban J connectivity index is 0.000000544. The van der Waals surface area contributed by atoms with Gasteiger partial charge in [0.15, 0.2) is 0 Å². The van der Waals surface area contributed by atoms with Gasteiger partial charge in [-0.2, -0.15) is 0 Å². The number of non-ortho nitro benzene ring substituents is 2. The fraction of sp³-hybridized carbons (Fsp3) is 0.176. The van der Waals surface area contributed by atoms with Crippen molar-refractivity contribution in [2.45, 2.75) is 0 Å². The molecule has 0 unspecified atom stereocenters. The molecule has 0 saturated carbocycles. The third-order valence-electron chi connectivity index (χ3n) is 3.41. The Bertz CT molecular complexity index is 948. The Labute approximate surface area is 191 Å². The van der Waals surface area contributed by atoms with E-state index in [1.54, 1.807) is 0 Å². The Morgan fingerprint density at radius 1 is 0.800 bits per heavy atom. The van der Waals surface area contributed by atoms with E-state index in [1.807, 2.05) is 0 Å². The molecule has 30 heavy (non-hydrogen) atoms. The van der Waals surface area contributed by atoms with Crippen LogP contribution in [0.4, 0.5) is 11.4 Å². The summed E-state index contributed by atoms with van der Waals surface area (Å²) >= 11 is 0. The SMILES string of the molecule is COC(=O)c1cc([N+](=O)[O-])ccc1OC.COc1ccc([N+](=O)[O-])cc1C(=O)[O-].[Na+]. The molecular formula is C17H15N2NaO10. The van der Waals surface area contributed by atoms with Gasteiger partial charge in [0.25, 0.3) is 11.4 Å². The summed E-state index contributed by atoms with van der Waals surface area (Å²) in [5.74, 6) is -1.90. The van der Waals surface area contributed by atoms with Crippen LogP contribution in [-0.2, 0) is 4.74 Å². The van der Waals surface area contributed by atoms with Crippen LogP contribution < -0.4 is 44.1 Å². The van der Waals surface area contributed by atoms with Crippen molar-refractivity contribution in [1.29, 1.82) is 0 Å². The van der Waals surface area contributed by atoms with Crippen LogP contribution >= 0.6 is 0 Å². The number of carboxylic acid groups (broad SMARTS) is 1. The number of aromatic carboxylic acids is 1. The third-order valence-corrected chi connectivity index (χ3v) is 3.41. The molecular weight excluding hydrogens is 415 g/mol. The summed E-state index contributed by atoms with van der Waals surface area (Å²) in [6, 6.07) is 6.99. The molecule has 12 nitrogen and oxygen atoms in total. The first-order valence-electron chi connectivity index (χ1n) is 7.60. The normalized spacial score (nSPS) is 9.17. The van der Waals surface area contributed by atoms with Crippen LogP contribution in [0.5, 0.6) is 11.5 Å². The molecule has 0 atom stereocenters. The first-order chi connectivity index (χ1) is 13.7. The minimum absolute atomic E-state index is 0. The molecule has 0 N–H and O–H groups in total. The molecule has 0 heterocycles. The topological polar surface area (TPSA) is 171 Å². The number of nitro groups is 2.